The second kappa shape index (κ2) is 8.43. The van der Waals surface area contributed by atoms with Gasteiger partial charge in [0.15, 0.2) is 5.69 Å². The molecule has 0 aliphatic carbocycles. The van der Waals surface area contributed by atoms with Crippen LogP contribution in [-0.2, 0) is 13.0 Å². The summed E-state index contributed by atoms with van der Waals surface area (Å²) in [5, 5.41) is 4.11. The van der Waals surface area contributed by atoms with E-state index >= 15 is 0 Å². The van der Waals surface area contributed by atoms with E-state index in [0.29, 0.717) is 17.3 Å². The predicted molar refractivity (Wildman–Crippen MR) is 117 cm³/mol. The van der Waals surface area contributed by atoms with Gasteiger partial charge in [-0.25, -0.2) is 4.98 Å². The molecule has 1 aliphatic heterocycles. The summed E-state index contributed by atoms with van der Waals surface area (Å²) in [6, 6.07) is 12.3. The predicted octanol–water partition coefficient (Wildman–Crippen LogP) is 3.23. The lowest BCUT2D eigenvalue weighted by Gasteiger charge is -2.31. The molecule has 0 unspecified atom stereocenters. The number of carbonyl (C=O) groups excluding carboxylic acids is 1. The van der Waals surface area contributed by atoms with Crippen LogP contribution in [0.1, 0.15) is 28.2 Å². The van der Waals surface area contributed by atoms with E-state index < -0.39 is 0 Å². The highest BCUT2D eigenvalue weighted by Gasteiger charge is 2.21. The highest BCUT2D eigenvalue weighted by atomic mass is 35.5. The Kier molecular flexibility index (Phi) is 5.74. The Balaban J connectivity index is 1.48. The van der Waals surface area contributed by atoms with Gasteiger partial charge in [-0.05, 0) is 36.6 Å². The molecular formula is C22H26ClN5O. The molecule has 29 heavy (non-hydrogen) atoms. The molecule has 0 spiro atoms. The van der Waals surface area contributed by atoms with Gasteiger partial charge in [-0.3, -0.25) is 4.79 Å². The van der Waals surface area contributed by atoms with Crippen molar-refractivity contribution in [3.8, 4) is 0 Å². The smallest absolute Gasteiger partial charge is 0.273 e. The van der Waals surface area contributed by atoms with Gasteiger partial charge < -0.3 is 19.5 Å². The molecule has 3 heterocycles. The van der Waals surface area contributed by atoms with Crippen molar-refractivity contribution in [1.82, 2.24) is 19.6 Å². The number of imidazole rings is 1. The molecule has 1 amide bonds. The first-order valence-corrected chi connectivity index (χ1v) is 10.3. The molecule has 7 heteroatoms. The van der Waals surface area contributed by atoms with Crippen LogP contribution in [0, 0.1) is 0 Å². The van der Waals surface area contributed by atoms with Crippen molar-refractivity contribution in [3.63, 3.8) is 0 Å². The number of anilines is 1. The topological polar surface area (TPSA) is 52.9 Å². The van der Waals surface area contributed by atoms with Crippen LogP contribution >= 0.6 is 11.6 Å². The van der Waals surface area contributed by atoms with Crippen molar-refractivity contribution in [2.75, 3.05) is 38.6 Å². The summed E-state index contributed by atoms with van der Waals surface area (Å²) in [4.78, 5) is 21.1. The third kappa shape index (κ3) is 4.09. The number of benzene rings is 1. The van der Waals surface area contributed by atoms with Crippen molar-refractivity contribution in [2.24, 2.45) is 0 Å². The van der Waals surface area contributed by atoms with Crippen LogP contribution < -0.4 is 10.2 Å². The van der Waals surface area contributed by atoms with Gasteiger partial charge in [-0.2, -0.15) is 0 Å². The molecule has 0 bridgehead atoms. The summed E-state index contributed by atoms with van der Waals surface area (Å²) in [5.74, 6) is -0.105. The number of hydrogen-bond acceptors (Lipinski definition) is 4. The van der Waals surface area contributed by atoms with E-state index in [9.17, 15) is 4.79 Å². The number of halogens is 1. The van der Waals surface area contributed by atoms with E-state index in [1.54, 1.807) is 25.1 Å². The SMILES string of the molecule is CN(C)C(=O)c1nc2ccc(Cl)cn2c1CNCCN1CCCc2ccccc21. The lowest BCUT2D eigenvalue weighted by atomic mass is 10.0. The summed E-state index contributed by atoms with van der Waals surface area (Å²) >= 11 is 6.18. The monoisotopic (exact) mass is 411 g/mol. The third-order valence-electron chi connectivity index (χ3n) is 5.35. The number of nitrogens with one attached hydrogen (secondary N) is 1. The molecule has 6 nitrogen and oxygen atoms in total. The van der Waals surface area contributed by atoms with Crippen molar-refractivity contribution < 1.29 is 4.79 Å². The highest BCUT2D eigenvalue weighted by Crippen LogP contribution is 2.26. The molecule has 4 rings (SSSR count). The molecule has 0 saturated carbocycles. The quantitative estimate of drug-likeness (QED) is 0.633. The number of aryl methyl sites for hydroxylation is 1. The minimum atomic E-state index is -0.105. The number of pyridine rings is 1. The minimum Gasteiger partial charge on any atom is -0.370 e. The minimum absolute atomic E-state index is 0.105. The number of aromatic nitrogens is 2. The van der Waals surface area contributed by atoms with Crippen LogP contribution in [0.5, 0.6) is 0 Å². The molecule has 1 aliphatic rings. The number of para-hydroxylation sites is 1. The summed E-state index contributed by atoms with van der Waals surface area (Å²) in [7, 11) is 3.48. The zero-order valence-corrected chi connectivity index (χ0v) is 17.6. The van der Waals surface area contributed by atoms with Crippen LogP contribution in [0.15, 0.2) is 42.6 Å². The van der Waals surface area contributed by atoms with Gasteiger partial charge in [0.05, 0.1) is 10.7 Å². The van der Waals surface area contributed by atoms with E-state index in [1.165, 1.54) is 17.7 Å². The number of nitrogens with zero attached hydrogens (tertiary/aromatic N) is 4. The largest absolute Gasteiger partial charge is 0.370 e. The van der Waals surface area contributed by atoms with Gasteiger partial charge in [0, 0.05) is 52.2 Å². The Labute approximate surface area is 176 Å². The fraction of sp³-hybridized carbons (Fsp3) is 0.364. The van der Waals surface area contributed by atoms with Crippen LogP contribution in [0.3, 0.4) is 0 Å². The summed E-state index contributed by atoms with van der Waals surface area (Å²) in [5.41, 5.74) is 4.79. The van der Waals surface area contributed by atoms with E-state index in [2.05, 4.69) is 39.5 Å². The Morgan fingerprint density at radius 3 is 2.90 bits per heavy atom. The maximum absolute atomic E-state index is 12.6. The van der Waals surface area contributed by atoms with Gasteiger partial charge in [0.25, 0.3) is 5.91 Å². The van der Waals surface area contributed by atoms with Crippen molar-refractivity contribution in [2.45, 2.75) is 19.4 Å². The molecule has 0 atom stereocenters. The summed E-state index contributed by atoms with van der Waals surface area (Å²) in [6.07, 6.45) is 4.15. The zero-order chi connectivity index (χ0) is 20.4. The van der Waals surface area contributed by atoms with E-state index in [-0.39, 0.29) is 5.91 Å². The Bertz CT molecular complexity index is 1030. The highest BCUT2D eigenvalue weighted by molar-refractivity contribution is 6.30. The maximum atomic E-state index is 12.6. The van der Waals surface area contributed by atoms with Gasteiger partial charge in [-0.1, -0.05) is 29.8 Å². The molecule has 2 aromatic heterocycles. The van der Waals surface area contributed by atoms with Crippen LogP contribution in [-0.4, -0.2) is 53.9 Å². The second-order valence-electron chi connectivity index (χ2n) is 7.58. The standard InChI is InChI=1S/C22H26ClN5O/c1-26(2)22(29)21-19(28-15-17(23)9-10-20(28)25-21)14-24-11-13-27-12-5-7-16-6-3-4-8-18(16)27/h3-4,6,8-10,15,24H,5,7,11-14H2,1-2H3. The Morgan fingerprint density at radius 1 is 1.24 bits per heavy atom. The average molecular weight is 412 g/mol. The van der Waals surface area contributed by atoms with Crippen LogP contribution in [0.2, 0.25) is 5.02 Å². The van der Waals surface area contributed by atoms with Gasteiger partial charge >= 0.3 is 0 Å². The molecule has 3 aromatic rings. The van der Waals surface area contributed by atoms with E-state index in [0.717, 1.165) is 37.4 Å². The van der Waals surface area contributed by atoms with Crippen molar-refractivity contribution in [3.05, 3.63) is 64.6 Å². The van der Waals surface area contributed by atoms with Gasteiger partial charge in [-0.15, -0.1) is 0 Å². The molecule has 1 N–H and O–H groups in total. The van der Waals surface area contributed by atoms with E-state index in [1.807, 2.05) is 16.7 Å². The van der Waals surface area contributed by atoms with Crippen LogP contribution in [0.25, 0.3) is 5.65 Å². The number of carbonyl (C=O) groups is 1. The fourth-order valence-corrected chi connectivity index (χ4v) is 4.04. The average Bonchev–Trinajstić information content (AvgIpc) is 3.08. The lowest BCUT2D eigenvalue weighted by molar-refractivity contribution is 0.0821. The molecule has 1 aromatic carbocycles. The number of fused-ring (bicyclic) bond motifs is 2. The molecule has 0 radical (unpaired) electrons. The fourth-order valence-electron chi connectivity index (χ4n) is 3.88. The van der Waals surface area contributed by atoms with E-state index in [4.69, 9.17) is 11.6 Å². The molecule has 0 fully saturated rings. The first-order valence-electron chi connectivity index (χ1n) is 9.96. The number of rotatable bonds is 6. The van der Waals surface area contributed by atoms with Crippen molar-refractivity contribution >= 4 is 28.8 Å². The molecule has 0 saturated heterocycles. The maximum Gasteiger partial charge on any atom is 0.273 e. The number of hydrogen-bond donors (Lipinski definition) is 1. The number of amides is 1. The first-order chi connectivity index (χ1) is 14.0. The molecule has 152 valence electrons. The Hall–Kier alpha value is -2.57. The summed E-state index contributed by atoms with van der Waals surface area (Å²) < 4.78 is 1.91. The van der Waals surface area contributed by atoms with Crippen LogP contribution in [0.4, 0.5) is 5.69 Å². The first kappa shape index (κ1) is 19.7. The normalized spacial score (nSPS) is 13.6. The third-order valence-corrected chi connectivity index (χ3v) is 5.57. The molecular weight excluding hydrogens is 386 g/mol. The lowest BCUT2D eigenvalue weighted by Crippen LogP contribution is -2.36. The second-order valence-corrected chi connectivity index (χ2v) is 8.01. The summed E-state index contributed by atoms with van der Waals surface area (Å²) in [6.45, 7) is 3.36. The van der Waals surface area contributed by atoms with Crippen molar-refractivity contribution in [1.29, 1.82) is 0 Å². The van der Waals surface area contributed by atoms with Gasteiger partial charge in [0.2, 0.25) is 0 Å². The Morgan fingerprint density at radius 2 is 2.07 bits per heavy atom. The van der Waals surface area contributed by atoms with Gasteiger partial charge in [0.1, 0.15) is 5.65 Å². The zero-order valence-electron chi connectivity index (χ0n) is 16.9.